The highest BCUT2D eigenvalue weighted by atomic mass is 15.0. The van der Waals surface area contributed by atoms with E-state index in [1.54, 1.807) is 6.08 Å². The Kier molecular flexibility index (Phi) is 7.48. The van der Waals surface area contributed by atoms with Crippen molar-refractivity contribution in [3.05, 3.63) is 188 Å². The molecule has 4 heteroatoms. The first-order valence-corrected chi connectivity index (χ1v) is 17.2. The fourth-order valence-corrected chi connectivity index (χ4v) is 7.34. The van der Waals surface area contributed by atoms with E-state index >= 15 is 0 Å². The molecule has 0 aliphatic carbocycles. The molecule has 3 heterocycles. The Morgan fingerprint density at radius 3 is 1.71 bits per heavy atom. The SMILES string of the molecule is C=C/C=C(\C=C/C)c1cc(-c2ccc(-n3c4ccccc4c4cc5c6ccccc6n(-c6ccccc6)c5cc43)cc2)nc(-c2ccccc2)n1. The smallest absolute Gasteiger partial charge is 0.160 e. The van der Waals surface area contributed by atoms with Crippen molar-refractivity contribution in [3.63, 3.8) is 0 Å². The van der Waals surface area contributed by atoms with E-state index in [1.807, 2.05) is 37.3 Å². The molecule has 242 valence electrons. The molecule has 0 aliphatic heterocycles. The molecule has 0 amide bonds. The summed E-state index contributed by atoms with van der Waals surface area (Å²) >= 11 is 0. The van der Waals surface area contributed by atoms with E-state index in [4.69, 9.17) is 9.97 Å². The number of rotatable bonds is 7. The van der Waals surface area contributed by atoms with Crippen LogP contribution in [0.3, 0.4) is 0 Å². The van der Waals surface area contributed by atoms with Crippen molar-refractivity contribution in [1.82, 2.24) is 19.1 Å². The largest absolute Gasteiger partial charge is 0.309 e. The summed E-state index contributed by atoms with van der Waals surface area (Å²) in [6.45, 7) is 5.95. The number of benzene rings is 6. The van der Waals surface area contributed by atoms with E-state index in [0.717, 1.165) is 45.0 Å². The lowest BCUT2D eigenvalue weighted by Crippen LogP contribution is -1.98. The normalized spacial score (nSPS) is 12.1. The van der Waals surface area contributed by atoms with Gasteiger partial charge in [-0.2, -0.15) is 0 Å². The zero-order valence-corrected chi connectivity index (χ0v) is 28.2. The highest BCUT2D eigenvalue weighted by Crippen LogP contribution is 2.40. The predicted molar refractivity (Wildman–Crippen MR) is 215 cm³/mol. The lowest BCUT2D eigenvalue weighted by atomic mass is 10.1. The molecule has 3 aromatic heterocycles. The topological polar surface area (TPSA) is 35.6 Å². The van der Waals surface area contributed by atoms with Gasteiger partial charge in [0.25, 0.3) is 0 Å². The van der Waals surface area contributed by atoms with Gasteiger partial charge >= 0.3 is 0 Å². The fourth-order valence-electron chi connectivity index (χ4n) is 7.34. The fraction of sp³-hybridized carbons (Fsp3) is 0.0213. The second-order valence-corrected chi connectivity index (χ2v) is 12.7. The van der Waals surface area contributed by atoms with Crippen LogP contribution in [0.25, 0.3) is 83.2 Å². The van der Waals surface area contributed by atoms with Crippen LogP contribution in [0.4, 0.5) is 0 Å². The summed E-state index contributed by atoms with van der Waals surface area (Å²) in [5.74, 6) is 0.687. The van der Waals surface area contributed by atoms with Crippen LogP contribution >= 0.6 is 0 Å². The van der Waals surface area contributed by atoms with Crippen LogP contribution in [0.5, 0.6) is 0 Å². The Morgan fingerprint density at radius 2 is 1.10 bits per heavy atom. The van der Waals surface area contributed by atoms with E-state index in [9.17, 15) is 0 Å². The second kappa shape index (κ2) is 12.6. The Morgan fingerprint density at radius 1 is 0.529 bits per heavy atom. The van der Waals surface area contributed by atoms with Gasteiger partial charge in [0.2, 0.25) is 0 Å². The molecule has 0 unspecified atom stereocenters. The van der Waals surface area contributed by atoms with Crippen LogP contribution in [-0.4, -0.2) is 19.1 Å². The average molecular weight is 655 g/mol. The molecule has 9 rings (SSSR count). The minimum absolute atomic E-state index is 0.687. The molecule has 0 radical (unpaired) electrons. The third kappa shape index (κ3) is 5.17. The van der Waals surface area contributed by atoms with Gasteiger partial charge in [0, 0.05) is 44.0 Å². The summed E-state index contributed by atoms with van der Waals surface area (Å²) in [5.41, 5.74) is 11.6. The quantitative estimate of drug-likeness (QED) is 0.160. The summed E-state index contributed by atoms with van der Waals surface area (Å²) in [6, 6.07) is 53.8. The van der Waals surface area contributed by atoms with Crippen LogP contribution in [0, 0.1) is 0 Å². The third-order valence-electron chi connectivity index (χ3n) is 9.60. The van der Waals surface area contributed by atoms with Gasteiger partial charge in [0.05, 0.1) is 33.5 Å². The van der Waals surface area contributed by atoms with Gasteiger partial charge in [-0.15, -0.1) is 0 Å². The van der Waals surface area contributed by atoms with Gasteiger partial charge in [-0.05, 0) is 67.1 Å². The highest BCUT2D eigenvalue weighted by molar-refractivity contribution is 6.19. The maximum atomic E-state index is 5.06. The first kappa shape index (κ1) is 30.3. The molecule has 0 bridgehead atoms. The Labute approximate surface area is 296 Å². The van der Waals surface area contributed by atoms with Crippen molar-refractivity contribution in [2.24, 2.45) is 0 Å². The van der Waals surface area contributed by atoms with Crippen LogP contribution in [0.2, 0.25) is 0 Å². The lowest BCUT2D eigenvalue weighted by molar-refractivity contribution is 1.15. The minimum atomic E-state index is 0.687. The standard InChI is InChI=1S/C47H34N4/c1-3-15-32(16-4-2)41-30-42(49-47(48-41)34-17-7-5-8-18-34)33-25-27-36(28-26-33)51-44-24-14-12-22-38(44)40-29-39-37-21-11-13-23-43(37)50(45(39)31-46(40)51)35-19-9-6-10-20-35/h3-31H,1H2,2H3/b16-4-,32-15+. The zero-order valence-electron chi connectivity index (χ0n) is 28.2. The number of para-hydroxylation sites is 3. The van der Waals surface area contributed by atoms with Crippen LogP contribution in [0.1, 0.15) is 12.6 Å². The summed E-state index contributed by atoms with van der Waals surface area (Å²) < 4.78 is 4.77. The summed E-state index contributed by atoms with van der Waals surface area (Å²) in [7, 11) is 0. The summed E-state index contributed by atoms with van der Waals surface area (Å²) in [4.78, 5) is 10.0. The second-order valence-electron chi connectivity index (χ2n) is 12.7. The van der Waals surface area contributed by atoms with Crippen LogP contribution in [-0.2, 0) is 0 Å². The van der Waals surface area contributed by atoms with Crippen molar-refractivity contribution in [2.45, 2.75) is 6.92 Å². The number of fused-ring (bicyclic) bond motifs is 6. The molecule has 9 aromatic rings. The number of aromatic nitrogens is 4. The molecule has 0 saturated heterocycles. The molecule has 6 aromatic carbocycles. The van der Waals surface area contributed by atoms with E-state index < -0.39 is 0 Å². The molecular formula is C47H34N4. The Bertz CT molecular complexity index is 2800. The molecule has 4 nitrogen and oxygen atoms in total. The summed E-state index contributed by atoms with van der Waals surface area (Å²) in [6.07, 6.45) is 7.86. The molecule has 0 N–H and O–H groups in total. The first-order chi connectivity index (χ1) is 25.2. The van der Waals surface area contributed by atoms with Crippen LogP contribution < -0.4 is 0 Å². The van der Waals surface area contributed by atoms with Crippen molar-refractivity contribution in [1.29, 1.82) is 0 Å². The average Bonchev–Trinajstić information content (AvgIpc) is 3.69. The van der Waals surface area contributed by atoms with E-state index in [0.29, 0.717) is 5.82 Å². The Balaban J connectivity index is 1.24. The number of nitrogens with zero attached hydrogens (tertiary/aromatic N) is 4. The van der Waals surface area contributed by atoms with Gasteiger partial charge in [-0.3, -0.25) is 0 Å². The van der Waals surface area contributed by atoms with Crippen molar-refractivity contribution < 1.29 is 0 Å². The minimum Gasteiger partial charge on any atom is -0.309 e. The van der Waals surface area contributed by atoms with Gasteiger partial charge in [-0.1, -0.05) is 128 Å². The van der Waals surface area contributed by atoms with E-state index in [-0.39, 0.29) is 0 Å². The van der Waals surface area contributed by atoms with Gasteiger partial charge < -0.3 is 9.13 Å². The van der Waals surface area contributed by atoms with E-state index in [1.165, 1.54) is 38.1 Å². The number of hydrogen-bond acceptors (Lipinski definition) is 2. The zero-order chi connectivity index (χ0) is 34.3. The van der Waals surface area contributed by atoms with Gasteiger partial charge in [-0.25, -0.2) is 9.97 Å². The van der Waals surface area contributed by atoms with Crippen molar-refractivity contribution in [2.75, 3.05) is 0 Å². The molecular weight excluding hydrogens is 621 g/mol. The van der Waals surface area contributed by atoms with Crippen molar-refractivity contribution >= 4 is 49.2 Å². The van der Waals surface area contributed by atoms with Gasteiger partial charge in [0.15, 0.2) is 5.82 Å². The van der Waals surface area contributed by atoms with Crippen LogP contribution in [0.15, 0.2) is 183 Å². The van der Waals surface area contributed by atoms with Crippen molar-refractivity contribution in [3.8, 4) is 34.0 Å². The maximum Gasteiger partial charge on any atom is 0.160 e. The number of allylic oxidation sites excluding steroid dienone is 5. The van der Waals surface area contributed by atoms with Gasteiger partial charge in [0.1, 0.15) is 0 Å². The maximum absolute atomic E-state index is 5.06. The molecule has 0 fully saturated rings. The Hall–Kier alpha value is -6.78. The molecule has 0 aliphatic rings. The molecule has 0 atom stereocenters. The first-order valence-electron chi connectivity index (χ1n) is 17.2. The molecule has 51 heavy (non-hydrogen) atoms. The number of hydrogen-bond donors (Lipinski definition) is 0. The molecule has 0 spiro atoms. The monoisotopic (exact) mass is 654 g/mol. The summed E-state index contributed by atoms with van der Waals surface area (Å²) in [5, 5.41) is 4.96. The molecule has 0 saturated carbocycles. The highest BCUT2D eigenvalue weighted by Gasteiger charge is 2.19. The lowest BCUT2D eigenvalue weighted by Gasteiger charge is -2.12. The third-order valence-corrected chi connectivity index (χ3v) is 9.60. The predicted octanol–water partition coefficient (Wildman–Crippen LogP) is 12.2. The van der Waals surface area contributed by atoms with E-state index in [2.05, 4.69) is 155 Å².